The highest BCUT2D eigenvalue weighted by Gasteiger charge is 2.51. The van der Waals surface area contributed by atoms with E-state index >= 15 is 0 Å². The third-order valence-corrected chi connectivity index (χ3v) is 2.06. The van der Waals surface area contributed by atoms with Gasteiger partial charge in [-0.15, -0.1) is 0 Å². The van der Waals surface area contributed by atoms with Crippen molar-refractivity contribution in [3.63, 3.8) is 0 Å². The van der Waals surface area contributed by atoms with Crippen LogP contribution in [0.2, 0.25) is 0 Å². The van der Waals surface area contributed by atoms with Crippen molar-refractivity contribution < 1.29 is 28.0 Å². The Bertz CT molecular complexity index is 370. The first-order chi connectivity index (χ1) is 7.29. The second-order valence-corrected chi connectivity index (χ2v) is 3.25. The largest absolute Gasteiger partial charge is 0.538 e. The van der Waals surface area contributed by atoms with E-state index in [-0.39, 0.29) is 5.75 Å². The number of pyridine rings is 1. The molecule has 2 N–H and O–H groups in total. The zero-order valence-electron chi connectivity index (χ0n) is 8.32. The van der Waals surface area contributed by atoms with Crippen LogP contribution in [-0.4, -0.2) is 29.0 Å². The summed E-state index contributed by atoms with van der Waals surface area (Å²) in [4.78, 5) is 3.49. The average Bonchev–Trinajstić information content (AvgIpc) is 2.17. The van der Waals surface area contributed by atoms with E-state index in [0.717, 1.165) is 18.5 Å². The molecule has 4 nitrogen and oxygen atoms in total. The molecule has 0 aliphatic carbocycles. The van der Waals surface area contributed by atoms with Gasteiger partial charge in [-0.3, -0.25) is 4.98 Å². The molecule has 0 saturated heterocycles. The van der Waals surface area contributed by atoms with E-state index < -0.39 is 25.0 Å². The summed E-state index contributed by atoms with van der Waals surface area (Å²) in [6, 6.07) is 0.969. The molecule has 0 aliphatic heterocycles. The lowest BCUT2D eigenvalue weighted by atomic mass is 9.97. The summed E-state index contributed by atoms with van der Waals surface area (Å²) in [5.74, 6) is -0.0514. The highest BCUT2D eigenvalue weighted by atomic mass is 19.4. The molecule has 16 heavy (non-hydrogen) atoms. The second kappa shape index (κ2) is 4.30. The number of halogens is 3. The summed E-state index contributed by atoms with van der Waals surface area (Å²) in [6.45, 7) is 0.618. The van der Waals surface area contributed by atoms with Crippen molar-refractivity contribution in [1.29, 1.82) is 0 Å². The number of aliphatic hydroxyl groups is 1. The van der Waals surface area contributed by atoms with Crippen LogP contribution >= 0.6 is 0 Å². The standard InChI is InChI=1S/C8H9BF3NO3/c1-7(14,8(10,11)12)5-2-6(16-9-15)4-13-3-5/h2-4,9,14-15H,1H3. The van der Waals surface area contributed by atoms with Crippen molar-refractivity contribution in [2.75, 3.05) is 0 Å². The van der Waals surface area contributed by atoms with Crippen LogP contribution in [0.15, 0.2) is 18.5 Å². The second-order valence-electron chi connectivity index (χ2n) is 3.25. The molecule has 1 aromatic heterocycles. The maximum atomic E-state index is 12.5. The first kappa shape index (κ1) is 12.8. The molecular weight excluding hydrogens is 226 g/mol. The fourth-order valence-electron chi connectivity index (χ4n) is 1.00. The van der Waals surface area contributed by atoms with Crippen molar-refractivity contribution in [2.45, 2.75) is 18.7 Å². The molecule has 0 amide bonds. The first-order valence-electron chi connectivity index (χ1n) is 4.27. The molecule has 0 saturated carbocycles. The predicted octanol–water partition coefficient (Wildman–Crippen LogP) is 0.489. The number of aromatic nitrogens is 1. The van der Waals surface area contributed by atoms with Gasteiger partial charge in [-0.2, -0.15) is 13.2 Å². The van der Waals surface area contributed by atoms with E-state index in [2.05, 4.69) is 9.64 Å². The minimum Gasteiger partial charge on any atom is -0.538 e. The lowest BCUT2D eigenvalue weighted by molar-refractivity contribution is -0.259. The predicted molar refractivity (Wildman–Crippen MR) is 49.9 cm³/mol. The van der Waals surface area contributed by atoms with Crippen LogP contribution in [0, 0.1) is 0 Å². The monoisotopic (exact) mass is 235 g/mol. The molecular formula is C8H9BF3NO3. The van der Waals surface area contributed by atoms with Crippen LogP contribution in [0.25, 0.3) is 0 Å². The Kier molecular flexibility index (Phi) is 3.44. The Hall–Kier alpha value is -1.28. The highest BCUT2D eigenvalue weighted by molar-refractivity contribution is 6.17. The molecule has 1 atom stereocenters. The molecule has 0 aromatic carbocycles. The van der Waals surface area contributed by atoms with Crippen LogP contribution in [-0.2, 0) is 5.60 Å². The van der Waals surface area contributed by atoms with Gasteiger partial charge in [0, 0.05) is 11.8 Å². The molecule has 1 rings (SSSR count). The van der Waals surface area contributed by atoms with Crippen molar-refractivity contribution >= 4 is 7.69 Å². The average molecular weight is 235 g/mol. The summed E-state index contributed by atoms with van der Waals surface area (Å²) in [6.07, 6.45) is -2.80. The van der Waals surface area contributed by atoms with E-state index in [0.29, 0.717) is 6.92 Å². The Balaban J connectivity index is 3.08. The number of nitrogens with zero attached hydrogens (tertiary/aromatic N) is 1. The summed E-state index contributed by atoms with van der Waals surface area (Å²) in [7, 11) is -0.681. The van der Waals surface area contributed by atoms with Gasteiger partial charge in [-0.05, 0) is 13.0 Å². The van der Waals surface area contributed by atoms with Crippen LogP contribution < -0.4 is 4.65 Å². The number of alkyl halides is 3. The van der Waals surface area contributed by atoms with E-state index in [1.54, 1.807) is 0 Å². The van der Waals surface area contributed by atoms with Crippen molar-refractivity contribution in [3.05, 3.63) is 24.0 Å². The molecule has 1 heterocycles. The summed E-state index contributed by atoms with van der Waals surface area (Å²) in [5.41, 5.74) is -3.46. The van der Waals surface area contributed by atoms with E-state index in [9.17, 15) is 18.3 Å². The van der Waals surface area contributed by atoms with Crippen molar-refractivity contribution in [3.8, 4) is 5.75 Å². The van der Waals surface area contributed by atoms with Gasteiger partial charge < -0.3 is 14.8 Å². The quantitative estimate of drug-likeness (QED) is 0.748. The topological polar surface area (TPSA) is 62.6 Å². The van der Waals surface area contributed by atoms with Gasteiger partial charge in [0.1, 0.15) is 5.75 Å². The Labute approximate surface area is 90.0 Å². The van der Waals surface area contributed by atoms with E-state index in [4.69, 9.17) is 5.02 Å². The lowest BCUT2D eigenvalue weighted by Crippen LogP contribution is -2.39. The maximum Gasteiger partial charge on any atom is 0.504 e. The van der Waals surface area contributed by atoms with Crippen molar-refractivity contribution in [2.24, 2.45) is 0 Å². The van der Waals surface area contributed by atoms with Crippen molar-refractivity contribution in [1.82, 2.24) is 4.98 Å². The summed E-state index contributed by atoms with van der Waals surface area (Å²) in [5, 5.41) is 17.8. The SMILES string of the molecule is CC(O)(c1cncc(OBO)c1)C(F)(F)F. The zero-order chi connectivity index (χ0) is 12.4. The minimum absolute atomic E-state index is 0.0514. The van der Waals surface area contributed by atoms with Gasteiger partial charge >= 0.3 is 13.9 Å². The Morgan fingerprint density at radius 2 is 2.00 bits per heavy atom. The van der Waals surface area contributed by atoms with Gasteiger partial charge in [0.25, 0.3) is 0 Å². The van der Waals surface area contributed by atoms with E-state index in [1.807, 2.05) is 0 Å². The lowest BCUT2D eigenvalue weighted by Gasteiger charge is -2.26. The normalized spacial score (nSPS) is 15.4. The van der Waals surface area contributed by atoms with Gasteiger partial charge in [0.2, 0.25) is 0 Å². The molecule has 0 spiro atoms. The first-order valence-corrected chi connectivity index (χ1v) is 4.27. The number of hydrogen-bond donors (Lipinski definition) is 2. The smallest absolute Gasteiger partial charge is 0.504 e. The third kappa shape index (κ3) is 2.45. The van der Waals surface area contributed by atoms with Crippen LogP contribution in [0.5, 0.6) is 5.75 Å². The Morgan fingerprint density at radius 3 is 2.50 bits per heavy atom. The maximum absolute atomic E-state index is 12.5. The fourth-order valence-corrected chi connectivity index (χ4v) is 1.00. The van der Waals surface area contributed by atoms with Gasteiger partial charge in [0.05, 0.1) is 6.20 Å². The fraction of sp³-hybridized carbons (Fsp3) is 0.375. The molecule has 1 aromatic rings. The summed E-state index contributed by atoms with van der Waals surface area (Å²) < 4.78 is 42.0. The zero-order valence-corrected chi connectivity index (χ0v) is 8.32. The van der Waals surface area contributed by atoms with E-state index in [1.165, 1.54) is 0 Å². The summed E-state index contributed by atoms with van der Waals surface area (Å²) >= 11 is 0. The van der Waals surface area contributed by atoms with Crippen LogP contribution in [0.3, 0.4) is 0 Å². The van der Waals surface area contributed by atoms with Gasteiger partial charge in [-0.1, -0.05) is 0 Å². The molecule has 88 valence electrons. The number of rotatable bonds is 3. The Morgan fingerprint density at radius 1 is 1.38 bits per heavy atom. The van der Waals surface area contributed by atoms with Gasteiger partial charge in [0.15, 0.2) is 5.60 Å². The van der Waals surface area contributed by atoms with Gasteiger partial charge in [-0.25, -0.2) is 0 Å². The molecule has 1 unspecified atom stereocenters. The minimum atomic E-state index is -4.81. The van der Waals surface area contributed by atoms with Crippen LogP contribution in [0.4, 0.5) is 13.2 Å². The molecule has 0 bridgehead atoms. The van der Waals surface area contributed by atoms with Crippen LogP contribution in [0.1, 0.15) is 12.5 Å². The molecule has 0 aliphatic rings. The molecule has 0 radical (unpaired) electrons. The molecule has 0 fully saturated rings. The molecule has 8 heteroatoms. The third-order valence-electron chi connectivity index (χ3n) is 2.06. The highest BCUT2D eigenvalue weighted by Crippen LogP contribution is 2.38. The number of hydrogen-bond acceptors (Lipinski definition) is 4.